The third kappa shape index (κ3) is 52.2. The fraction of sp³-hybridized carbons (Fsp3) is 0. The van der Waals surface area contributed by atoms with Gasteiger partial charge in [-0.2, -0.15) is 0 Å². The van der Waals surface area contributed by atoms with Gasteiger partial charge in [-0.15, -0.1) is 0 Å². The van der Waals surface area contributed by atoms with Crippen LogP contribution in [0.3, 0.4) is 0 Å². The molecule has 0 aromatic rings. The molecule has 3 nitrogen and oxygen atoms in total. The standard InChI is InChI=1S/Fe.Li.H3O3P/c;;1-4(2)3/h;;1-3H. The first-order valence-corrected chi connectivity index (χ1v) is 1.80. The van der Waals surface area contributed by atoms with E-state index in [1.807, 2.05) is 0 Å². The van der Waals surface area contributed by atoms with E-state index in [1.165, 1.54) is 0 Å². The molecule has 0 atom stereocenters. The van der Waals surface area contributed by atoms with E-state index >= 15 is 0 Å². The summed E-state index contributed by atoms with van der Waals surface area (Å²) in [6.45, 7) is 0. The Bertz CT molecular complexity index is 15.5. The fourth-order valence-electron chi connectivity index (χ4n) is 0. The molecule has 3 N–H and O–H groups in total. The topological polar surface area (TPSA) is 60.7 Å². The number of hydrogen-bond donors (Lipinski definition) is 3. The minimum atomic E-state index is -2.62. The molecular formula is H3FeLiO3P. The van der Waals surface area contributed by atoms with E-state index in [0.717, 1.165) is 0 Å². The van der Waals surface area contributed by atoms with E-state index in [2.05, 4.69) is 0 Å². The minimum absolute atomic E-state index is 0. The largest absolute Gasteiger partial charge is 0.328 e. The quantitative estimate of drug-likeness (QED) is 0.296. The van der Waals surface area contributed by atoms with Crippen LogP contribution < -0.4 is 0 Å². The Morgan fingerprint density at radius 1 is 1.00 bits per heavy atom. The third-order valence-electron chi connectivity index (χ3n) is 0. The summed E-state index contributed by atoms with van der Waals surface area (Å²) < 4.78 is 0. The van der Waals surface area contributed by atoms with Crippen LogP contribution in [0.2, 0.25) is 0 Å². The monoisotopic (exact) mass is 145 g/mol. The van der Waals surface area contributed by atoms with Gasteiger partial charge in [0.25, 0.3) is 0 Å². The molecule has 0 unspecified atom stereocenters. The maximum atomic E-state index is 7.23. The molecule has 0 rings (SSSR count). The zero-order valence-electron chi connectivity index (χ0n) is 3.14. The van der Waals surface area contributed by atoms with Crippen molar-refractivity contribution in [2.75, 3.05) is 0 Å². The molecule has 6 heavy (non-hydrogen) atoms. The molecule has 0 spiro atoms. The van der Waals surface area contributed by atoms with Crippen LogP contribution in [0.1, 0.15) is 0 Å². The van der Waals surface area contributed by atoms with Gasteiger partial charge in [-0.3, -0.25) is 0 Å². The smallest absolute Gasteiger partial charge is 0.324 e. The van der Waals surface area contributed by atoms with Gasteiger partial charge < -0.3 is 14.7 Å². The molecular weight excluding hydrogens is 142 g/mol. The second kappa shape index (κ2) is 9.66. The van der Waals surface area contributed by atoms with E-state index in [9.17, 15) is 0 Å². The van der Waals surface area contributed by atoms with E-state index in [-0.39, 0.29) is 35.9 Å². The summed E-state index contributed by atoms with van der Waals surface area (Å²) >= 11 is 0. The zero-order valence-corrected chi connectivity index (χ0v) is 5.14. The summed E-state index contributed by atoms with van der Waals surface area (Å²) in [6, 6.07) is 0. The van der Waals surface area contributed by atoms with Crippen LogP contribution in [0.25, 0.3) is 0 Å². The second-order valence-electron chi connectivity index (χ2n) is 0.268. The first-order valence-electron chi connectivity index (χ1n) is 0.600. The van der Waals surface area contributed by atoms with E-state index in [1.54, 1.807) is 0 Å². The summed E-state index contributed by atoms with van der Waals surface area (Å²) in [6.07, 6.45) is 0. The normalized spacial score (nSPS) is 6.00. The van der Waals surface area contributed by atoms with Gasteiger partial charge in [-0.05, 0) is 0 Å². The predicted octanol–water partition coefficient (Wildman–Crippen LogP) is -1.19. The Hall–Kier alpha value is 1.43. The maximum Gasteiger partial charge on any atom is 0.324 e. The van der Waals surface area contributed by atoms with Crippen molar-refractivity contribution in [2.24, 2.45) is 0 Å². The summed E-state index contributed by atoms with van der Waals surface area (Å²) in [7, 11) is -2.62. The van der Waals surface area contributed by atoms with Crippen LogP contribution in [-0.4, -0.2) is 33.5 Å². The Morgan fingerprint density at radius 3 is 1.00 bits per heavy atom. The molecule has 0 aliphatic rings. The van der Waals surface area contributed by atoms with Crippen molar-refractivity contribution < 1.29 is 31.7 Å². The third-order valence-corrected chi connectivity index (χ3v) is 0. The zero-order chi connectivity index (χ0) is 3.58. The van der Waals surface area contributed by atoms with Crippen LogP contribution in [0, 0.1) is 0 Å². The van der Waals surface area contributed by atoms with E-state index < -0.39 is 8.60 Å². The van der Waals surface area contributed by atoms with Crippen molar-refractivity contribution in [3.63, 3.8) is 0 Å². The molecule has 0 amide bonds. The predicted molar refractivity (Wildman–Crippen MR) is 19.3 cm³/mol. The number of rotatable bonds is 0. The summed E-state index contributed by atoms with van der Waals surface area (Å²) in [5.41, 5.74) is 0. The molecule has 6 heteroatoms. The van der Waals surface area contributed by atoms with Crippen molar-refractivity contribution in [3.05, 3.63) is 0 Å². The summed E-state index contributed by atoms with van der Waals surface area (Å²) in [5, 5.41) is 0. The molecule has 0 heterocycles. The van der Waals surface area contributed by atoms with Crippen LogP contribution >= 0.6 is 8.60 Å². The molecule has 0 fully saturated rings. The van der Waals surface area contributed by atoms with E-state index in [0.29, 0.717) is 0 Å². The van der Waals surface area contributed by atoms with Gasteiger partial charge in [0.05, 0.1) is 0 Å². The Balaban J connectivity index is -0.0000000450. The maximum absolute atomic E-state index is 7.23. The molecule has 0 aromatic heterocycles. The first kappa shape index (κ1) is 15.7. The van der Waals surface area contributed by atoms with Crippen LogP contribution in [0.15, 0.2) is 0 Å². The van der Waals surface area contributed by atoms with Gasteiger partial charge in [-0.1, -0.05) is 0 Å². The van der Waals surface area contributed by atoms with Crippen molar-refractivity contribution in [2.45, 2.75) is 0 Å². The molecule has 1 radical (unpaired) electrons. The van der Waals surface area contributed by atoms with Crippen LogP contribution in [0.4, 0.5) is 0 Å². The SMILES string of the molecule is OP(O)O.[Fe].[Li]. The van der Waals surface area contributed by atoms with Crippen molar-refractivity contribution in [3.8, 4) is 0 Å². The number of hydrogen-bond acceptors (Lipinski definition) is 3. The summed E-state index contributed by atoms with van der Waals surface area (Å²) in [5.74, 6) is 0. The van der Waals surface area contributed by atoms with Gasteiger partial charge in [0.2, 0.25) is 0 Å². The van der Waals surface area contributed by atoms with Crippen molar-refractivity contribution in [1.82, 2.24) is 0 Å². The molecule has 0 saturated heterocycles. The van der Waals surface area contributed by atoms with Gasteiger partial charge in [-0.25, -0.2) is 0 Å². The van der Waals surface area contributed by atoms with E-state index in [4.69, 9.17) is 14.7 Å². The molecule has 35 valence electrons. The average molecular weight is 145 g/mol. The molecule has 0 bridgehead atoms. The average Bonchev–Trinajstić information content (AvgIpc) is 0.811. The fourth-order valence-corrected chi connectivity index (χ4v) is 0. The molecule has 0 aliphatic heterocycles. The van der Waals surface area contributed by atoms with Crippen molar-refractivity contribution >= 4 is 27.5 Å². The summed E-state index contributed by atoms with van der Waals surface area (Å²) in [4.78, 5) is 21.7. The molecule has 0 aromatic carbocycles. The van der Waals surface area contributed by atoms with Gasteiger partial charge >= 0.3 is 8.60 Å². The Kier molecular flexibility index (Phi) is 25.2. The second-order valence-corrected chi connectivity index (χ2v) is 0.805. The molecule has 0 saturated carbocycles. The Labute approximate surface area is 59.4 Å². The first-order chi connectivity index (χ1) is 1.73. The van der Waals surface area contributed by atoms with Crippen LogP contribution in [0.5, 0.6) is 0 Å². The Morgan fingerprint density at radius 2 is 1.00 bits per heavy atom. The van der Waals surface area contributed by atoms with Gasteiger partial charge in [0.15, 0.2) is 0 Å². The molecule has 0 aliphatic carbocycles. The van der Waals surface area contributed by atoms with Crippen LogP contribution in [-0.2, 0) is 17.1 Å². The van der Waals surface area contributed by atoms with Crippen molar-refractivity contribution in [1.29, 1.82) is 0 Å². The van der Waals surface area contributed by atoms with Gasteiger partial charge in [0, 0.05) is 35.9 Å². The van der Waals surface area contributed by atoms with Gasteiger partial charge in [0.1, 0.15) is 0 Å². The minimum Gasteiger partial charge on any atom is -0.328 e.